The third kappa shape index (κ3) is 4.24. The first-order valence-electron chi connectivity index (χ1n) is 7.47. The fraction of sp³-hybridized carbons (Fsp3) is 0.500. The largest absolute Gasteiger partial charge is 0.356 e. The Morgan fingerprint density at radius 2 is 2.14 bits per heavy atom. The molecule has 1 aliphatic rings. The molecule has 0 aliphatic carbocycles. The summed E-state index contributed by atoms with van der Waals surface area (Å²) in [5, 5.41) is 5.88. The van der Waals surface area contributed by atoms with E-state index >= 15 is 0 Å². The molecule has 0 bridgehead atoms. The summed E-state index contributed by atoms with van der Waals surface area (Å²) in [7, 11) is 0. The summed E-state index contributed by atoms with van der Waals surface area (Å²) < 4.78 is 0. The van der Waals surface area contributed by atoms with Crippen molar-refractivity contribution in [2.24, 2.45) is 5.92 Å². The quantitative estimate of drug-likeness (QED) is 0.849. The van der Waals surface area contributed by atoms with Crippen molar-refractivity contribution >= 4 is 29.3 Å². The second kappa shape index (κ2) is 7.50. The van der Waals surface area contributed by atoms with Crippen LogP contribution in [0, 0.1) is 5.92 Å². The maximum absolute atomic E-state index is 11.9. The lowest BCUT2D eigenvalue weighted by Gasteiger charge is -2.17. The van der Waals surface area contributed by atoms with Crippen LogP contribution in [0.3, 0.4) is 0 Å². The number of rotatable bonds is 6. The molecule has 4 nitrogen and oxygen atoms in total. The van der Waals surface area contributed by atoms with Gasteiger partial charge in [0.25, 0.3) is 0 Å². The highest BCUT2D eigenvalue weighted by atomic mass is 32.2. The van der Waals surface area contributed by atoms with Crippen LogP contribution in [0.2, 0.25) is 0 Å². The second-order valence-corrected chi connectivity index (χ2v) is 6.24. The monoisotopic (exact) mass is 306 g/mol. The van der Waals surface area contributed by atoms with Crippen LogP contribution in [0.5, 0.6) is 0 Å². The van der Waals surface area contributed by atoms with Gasteiger partial charge in [0.05, 0.1) is 11.4 Å². The molecular weight excluding hydrogens is 284 g/mol. The third-order valence-electron chi connectivity index (χ3n) is 3.75. The number of thioether (sulfide) groups is 1. The van der Waals surface area contributed by atoms with Crippen molar-refractivity contribution in [3.05, 3.63) is 23.8 Å². The zero-order valence-corrected chi connectivity index (χ0v) is 13.4. The Labute approximate surface area is 130 Å². The van der Waals surface area contributed by atoms with E-state index in [1.54, 1.807) is 11.8 Å². The average Bonchev–Trinajstić information content (AvgIpc) is 2.48. The van der Waals surface area contributed by atoms with Gasteiger partial charge in [-0.05, 0) is 37.0 Å². The fourth-order valence-electron chi connectivity index (χ4n) is 2.42. The van der Waals surface area contributed by atoms with Gasteiger partial charge in [-0.15, -0.1) is 11.8 Å². The van der Waals surface area contributed by atoms with E-state index in [1.807, 2.05) is 26.0 Å². The molecule has 2 N–H and O–H groups in total. The third-order valence-corrected chi connectivity index (χ3v) is 4.82. The van der Waals surface area contributed by atoms with Gasteiger partial charge < -0.3 is 10.6 Å². The van der Waals surface area contributed by atoms with Crippen molar-refractivity contribution in [3.63, 3.8) is 0 Å². The van der Waals surface area contributed by atoms with E-state index in [0.717, 1.165) is 35.4 Å². The van der Waals surface area contributed by atoms with Crippen molar-refractivity contribution in [2.75, 3.05) is 17.6 Å². The zero-order valence-electron chi connectivity index (χ0n) is 12.6. The first-order chi connectivity index (χ1) is 10.1. The van der Waals surface area contributed by atoms with Crippen molar-refractivity contribution < 1.29 is 9.59 Å². The second-order valence-electron chi connectivity index (χ2n) is 5.22. The number of fused-ring (bicyclic) bond motifs is 1. The van der Waals surface area contributed by atoms with Crippen molar-refractivity contribution in [1.82, 2.24) is 5.32 Å². The molecule has 0 radical (unpaired) electrons. The summed E-state index contributed by atoms with van der Waals surface area (Å²) in [6, 6.07) is 6.10. The van der Waals surface area contributed by atoms with E-state index < -0.39 is 0 Å². The van der Waals surface area contributed by atoms with Gasteiger partial charge in [0.1, 0.15) is 0 Å². The Bertz CT molecular complexity index is 527. The van der Waals surface area contributed by atoms with E-state index in [0.29, 0.717) is 12.3 Å². The number of hydrogen-bond donors (Lipinski definition) is 2. The van der Waals surface area contributed by atoms with Gasteiger partial charge >= 0.3 is 0 Å². The molecule has 21 heavy (non-hydrogen) atoms. The van der Waals surface area contributed by atoms with Crippen LogP contribution >= 0.6 is 11.8 Å². The van der Waals surface area contributed by atoms with Gasteiger partial charge in [-0.1, -0.05) is 19.9 Å². The summed E-state index contributed by atoms with van der Waals surface area (Å²) in [6.07, 6.45) is 2.54. The maximum atomic E-state index is 11.9. The van der Waals surface area contributed by atoms with Gasteiger partial charge in [0, 0.05) is 17.4 Å². The Morgan fingerprint density at radius 1 is 1.38 bits per heavy atom. The highest BCUT2D eigenvalue weighted by molar-refractivity contribution is 8.00. The lowest BCUT2D eigenvalue weighted by molar-refractivity contribution is -0.125. The summed E-state index contributed by atoms with van der Waals surface area (Å²) in [6.45, 7) is 4.71. The summed E-state index contributed by atoms with van der Waals surface area (Å²) in [5.74, 6) is 0.787. The molecule has 0 saturated heterocycles. The van der Waals surface area contributed by atoms with Crippen molar-refractivity contribution in [3.8, 4) is 0 Å². The molecule has 0 fully saturated rings. The van der Waals surface area contributed by atoms with Gasteiger partial charge in [-0.25, -0.2) is 0 Å². The van der Waals surface area contributed by atoms with Crippen LogP contribution in [-0.2, 0) is 16.0 Å². The highest BCUT2D eigenvalue weighted by Crippen LogP contribution is 2.31. The Morgan fingerprint density at radius 3 is 2.86 bits per heavy atom. The van der Waals surface area contributed by atoms with E-state index in [4.69, 9.17) is 0 Å². The normalized spacial score (nSPS) is 13.8. The predicted octanol–water partition coefficient (Wildman–Crippen LogP) is 2.83. The van der Waals surface area contributed by atoms with Crippen LogP contribution in [-0.4, -0.2) is 24.1 Å². The minimum atomic E-state index is 0.0479. The number of carbonyl (C=O) groups is 2. The van der Waals surface area contributed by atoms with Gasteiger partial charge in [-0.3, -0.25) is 9.59 Å². The topological polar surface area (TPSA) is 58.2 Å². The molecule has 1 aromatic rings. The molecule has 114 valence electrons. The van der Waals surface area contributed by atoms with Gasteiger partial charge in [-0.2, -0.15) is 0 Å². The Hall–Kier alpha value is -1.49. The summed E-state index contributed by atoms with van der Waals surface area (Å²) >= 11 is 1.56. The lowest BCUT2D eigenvalue weighted by atomic mass is 10.0. The molecule has 0 spiro atoms. The number of nitrogens with one attached hydrogen (secondary N) is 2. The molecule has 1 heterocycles. The van der Waals surface area contributed by atoms with E-state index in [-0.39, 0.29) is 17.7 Å². The van der Waals surface area contributed by atoms with Crippen LogP contribution in [0.1, 0.15) is 32.3 Å². The van der Waals surface area contributed by atoms with E-state index in [9.17, 15) is 9.59 Å². The van der Waals surface area contributed by atoms with Crippen LogP contribution in [0.4, 0.5) is 5.69 Å². The van der Waals surface area contributed by atoms with Crippen LogP contribution in [0.25, 0.3) is 0 Å². The maximum Gasteiger partial charge on any atom is 0.234 e. The molecule has 0 atom stereocenters. The molecular formula is C16H22N2O2S. The molecule has 1 aliphatic heterocycles. The van der Waals surface area contributed by atoms with Crippen molar-refractivity contribution in [1.29, 1.82) is 0 Å². The van der Waals surface area contributed by atoms with Crippen LogP contribution in [0.15, 0.2) is 23.1 Å². The average molecular weight is 306 g/mol. The SMILES string of the molecule is CCC(CC)C(=O)NCCc1ccc2c(c1)NC(=O)CS2. The molecule has 1 aromatic carbocycles. The molecule has 2 amide bonds. The standard InChI is InChI=1S/C16H22N2O2S/c1-3-12(4-2)16(20)17-8-7-11-5-6-14-13(9-11)18-15(19)10-21-14/h5-6,9,12H,3-4,7-8,10H2,1-2H3,(H,17,20)(H,18,19). The molecule has 2 rings (SSSR count). The van der Waals surface area contributed by atoms with Gasteiger partial charge in [0.2, 0.25) is 11.8 Å². The number of carbonyl (C=O) groups excluding carboxylic acids is 2. The Balaban J connectivity index is 1.88. The smallest absolute Gasteiger partial charge is 0.234 e. The van der Waals surface area contributed by atoms with E-state index in [1.165, 1.54) is 0 Å². The number of benzene rings is 1. The molecule has 0 unspecified atom stereocenters. The zero-order chi connectivity index (χ0) is 15.2. The summed E-state index contributed by atoms with van der Waals surface area (Å²) in [4.78, 5) is 24.4. The van der Waals surface area contributed by atoms with Crippen LogP contribution < -0.4 is 10.6 Å². The molecule has 5 heteroatoms. The van der Waals surface area contributed by atoms with Gasteiger partial charge in [0.15, 0.2) is 0 Å². The fourth-order valence-corrected chi connectivity index (χ4v) is 3.21. The lowest BCUT2D eigenvalue weighted by Crippen LogP contribution is -2.31. The minimum Gasteiger partial charge on any atom is -0.356 e. The number of amides is 2. The first kappa shape index (κ1) is 15.9. The van der Waals surface area contributed by atoms with Crippen molar-refractivity contribution in [2.45, 2.75) is 38.0 Å². The number of hydrogen-bond acceptors (Lipinski definition) is 3. The first-order valence-corrected chi connectivity index (χ1v) is 8.45. The van der Waals surface area contributed by atoms with E-state index in [2.05, 4.69) is 16.7 Å². The predicted molar refractivity (Wildman–Crippen MR) is 86.6 cm³/mol. The summed E-state index contributed by atoms with van der Waals surface area (Å²) in [5.41, 5.74) is 2.02. The minimum absolute atomic E-state index is 0.0479. The number of anilines is 1. The Kier molecular flexibility index (Phi) is 5.67. The molecule has 0 saturated carbocycles. The highest BCUT2D eigenvalue weighted by Gasteiger charge is 2.16. The molecule has 0 aromatic heterocycles.